The van der Waals surface area contributed by atoms with Crippen molar-refractivity contribution >= 4 is 27.3 Å². The Morgan fingerprint density at radius 3 is 2.35 bits per heavy atom. The molecule has 2 unspecified atom stereocenters. The van der Waals surface area contributed by atoms with Crippen molar-refractivity contribution in [2.75, 3.05) is 10.0 Å². The van der Waals surface area contributed by atoms with Crippen LogP contribution in [0.2, 0.25) is 0 Å². The van der Waals surface area contributed by atoms with E-state index < -0.39 is 20.7 Å². The molecule has 23 heavy (non-hydrogen) atoms. The summed E-state index contributed by atoms with van der Waals surface area (Å²) in [6.45, 7) is 7.30. The summed E-state index contributed by atoms with van der Waals surface area (Å²) < 4.78 is 28.0. The zero-order valence-corrected chi connectivity index (χ0v) is 14.4. The van der Waals surface area contributed by atoms with Gasteiger partial charge in [0.2, 0.25) is 15.9 Å². The third-order valence-electron chi connectivity index (χ3n) is 4.65. The van der Waals surface area contributed by atoms with Gasteiger partial charge in [0.15, 0.2) is 0 Å². The number of anilines is 2. The lowest BCUT2D eigenvalue weighted by atomic mass is 9.86. The molecular weight excluding hydrogens is 316 g/mol. The summed E-state index contributed by atoms with van der Waals surface area (Å²) in [4.78, 5) is 12.0. The second kappa shape index (κ2) is 5.19. The Kier molecular flexibility index (Phi) is 3.66. The summed E-state index contributed by atoms with van der Waals surface area (Å²) in [7, 11) is -3.56. The van der Waals surface area contributed by atoms with Crippen molar-refractivity contribution < 1.29 is 13.2 Å². The largest absolute Gasteiger partial charge is 0.325 e. The van der Waals surface area contributed by atoms with Gasteiger partial charge in [-0.2, -0.15) is 0 Å². The second-order valence-electron chi connectivity index (χ2n) is 6.82. The predicted octanol–water partition coefficient (Wildman–Crippen LogP) is 0.911. The molecule has 2 aliphatic rings. The molecule has 2 atom stereocenters. The Morgan fingerprint density at radius 2 is 1.74 bits per heavy atom. The highest BCUT2D eigenvalue weighted by molar-refractivity contribution is 7.93. The van der Waals surface area contributed by atoms with Crippen molar-refractivity contribution in [2.24, 2.45) is 0 Å². The molecule has 1 aromatic rings. The Hall–Kier alpha value is -1.64. The van der Waals surface area contributed by atoms with Gasteiger partial charge in [-0.3, -0.25) is 20.4 Å². The molecule has 0 aromatic heterocycles. The van der Waals surface area contributed by atoms with E-state index in [1.165, 1.54) is 0 Å². The van der Waals surface area contributed by atoms with E-state index in [4.69, 9.17) is 0 Å². The van der Waals surface area contributed by atoms with Gasteiger partial charge < -0.3 is 5.32 Å². The molecule has 1 fully saturated rings. The fourth-order valence-electron chi connectivity index (χ4n) is 3.26. The van der Waals surface area contributed by atoms with E-state index in [-0.39, 0.29) is 18.0 Å². The number of carbonyl (C=O) groups excluding carboxylic acids is 1. The van der Waals surface area contributed by atoms with E-state index in [0.717, 1.165) is 11.3 Å². The van der Waals surface area contributed by atoms with Gasteiger partial charge in [-0.25, -0.2) is 8.42 Å². The number of hydrogen-bond acceptors (Lipinski definition) is 5. The van der Waals surface area contributed by atoms with E-state index in [1.54, 1.807) is 18.2 Å². The maximum Gasteiger partial charge on any atom is 0.238 e. The highest BCUT2D eigenvalue weighted by Gasteiger charge is 2.41. The van der Waals surface area contributed by atoms with Crippen molar-refractivity contribution in [2.45, 2.75) is 50.4 Å². The standard InChI is InChI=1S/C15H22N4O3S/c1-8-13(9(2)18-17-8)23(21,22)19-10-5-6-12-11(7-10)15(3,4)14(20)16-12/h5-9,13,17-19H,1-4H3,(H,16,20). The molecular formula is C15H22N4O3S. The Labute approximate surface area is 136 Å². The molecule has 0 bridgehead atoms. The average molecular weight is 338 g/mol. The lowest BCUT2D eigenvalue weighted by Gasteiger charge is -2.21. The van der Waals surface area contributed by atoms with Crippen molar-refractivity contribution in [3.8, 4) is 0 Å². The van der Waals surface area contributed by atoms with Crippen LogP contribution in [0.3, 0.4) is 0 Å². The zero-order chi connectivity index (χ0) is 17.0. The normalized spacial score (nSPS) is 29.2. The number of hydrazine groups is 1. The van der Waals surface area contributed by atoms with Crippen molar-refractivity contribution in [1.29, 1.82) is 0 Å². The molecule has 7 nitrogen and oxygen atoms in total. The summed E-state index contributed by atoms with van der Waals surface area (Å²) in [6, 6.07) is 4.74. The van der Waals surface area contributed by atoms with Crippen LogP contribution >= 0.6 is 0 Å². The number of sulfonamides is 1. The topological polar surface area (TPSA) is 99.3 Å². The quantitative estimate of drug-likeness (QED) is 0.657. The second-order valence-corrected chi connectivity index (χ2v) is 8.66. The minimum atomic E-state index is -3.56. The van der Waals surface area contributed by atoms with Gasteiger partial charge in [0, 0.05) is 23.5 Å². The first-order valence-corrected chi connectivity index (χ1v) is 9.16. The summed E-state index contributed by atoms with van der Waals surface area (Å²) in [5, 5.41) is 2.23. The third-order valence-corrected chi connectivity index (χ3v) is 6.70. The number of carbonyl (C=O) groups is 1. The van der Waals surface area contributed by atoms with E-state index >= 15 is 0 Å². The lowest BCUT2D eigenvalue weighted by molar-refractivity contribution is -0.119. The number of rotatable bonds is 3. The van der Waals surface area contributed by atoms with Crippen LogP contribution in [0.15, 0.2) is 18.2 Å². The maximum atomic E-state index is 12.7. The van der Waals surface area contributed by atoms with Crippen LogP contribution < -0.4 is 20.9 Å². The molecule has 4 N–H and O–H groups in total. The van der Waals surface area contributed by atoms with Crippen LogP contribution in [0.1, 0.15) is 33.3 Å². The molecule has 3 rings (SSSR count). The number of fused-ring (bicyclic) bond motifs is 1. The third kappa shape index (κ3) is 2.60. The number of amides is 1. The van der Waals surface area contributed by atoms with E-state index in [1.807, 2.05) is 27.7 Å². The first kappa shape index (κ1) is 16.2. The first-order valence-electron chi connectivity index (χ1n) is 7.61. The molecule has 126 valence electrons. The van der Waals surface area contributed by atoms with Gasteiger partial charge in [-0.05, 0) is 51.5 Å². The van der Waals surface area contributed by atoms with Crippen LogP contribution in [0, 0.1) is 0 Å². The number of benzene rings is 1. The number of hydrogen-bond donors (Lipinski definition) is 4. The van der Waals surface area contributed by atoms with E-state index in [2.05, 4.69) is 20.9 Å². The first-order chi connectivity index (χ1) is 10.6. The number of nitrogens with one attached hydrogen (secondary N) is 4. The van der Waals surface area contributed by atoms with Gasteiger partial charge in [0.1, 0.15) is 5.25 Å². The van der Waals surface area contributed by atoms with Crippen LogP contribution in [-0.4, -0.2) is 31.7 Å². The molecule has 2 aliphatic heterocycles. The molecule has 0 radical (unpaired) electrons. The fraction of sp³-hybridized carbons (Fsp3) is 0.533. The van der Waals surface area contributed by atoms with Crippen LogP contribution in [0.25, 0.3) is 0 Å². The molecule has 8 heteroatoms. The van der Waals surface area contributed by atoms with E-state index in [9.17, 15) is 13.2 Å². The minimum Gasteiger partial charge on any atom is -0.325 e. The predicted molar refractivity (Wildman–Crippen MR) is 89.6 cm³/mol. The molecule has 1 saturated heterocycles. The van der Waals surface area contributed by atoms with E-state index in [0.29, 0.717) is 5.69 Å². The molecule has 1 aromatic carbocycles. The van der Waals surface area contributed by atoms with Gasteiger partial charge >= 0.3 is 0 Å². The smallest absolute Gasteiger partial charge is 0.238 e. The molecule has 0 saturated carbocycles. The summed E-state index contributed by atoms with van der Waals surface area (Å²) in [6.07, 6.45) is 0. The molecule has 0 spiro atoms. The summed E-state index contributed by atoms with van der Waals surface area (Å²) >= 11 is 0. The fourth-order valence-corrected chi connectivity index (χ4v) is 5.07. The molecule has 2 heterocycles. The molecule has 0 aliphatic carbocycles. The van der Waals surface area contributed by atoms with Gasteiger partial charge in [-0.15, -0.1) is 0 Å². The molecule has 1 amide bonds. The van der Waals surface area contributed by atoms with Gasteiger partial charge in [-0.1, -0.05) is 0 Å². The average Bonchev–Trinajstić information content (AvgIpc) is 2.89. The monoisotopic (exact) mass is 338 g/mol. The van der Waals surface area contributed by atoms with Gasteiger partial charge in [0.05, 0.1) is 5.41 Å². The van der Waals surface area contributed by atoms with Crippen LogP contribution in [0.5, 0.6) is 0 Å². The zero-order valence-electron chi connectivity index (χ0n) is 13.6. The summed E-state index contributed by atoms with van der Waals surface area (Å²) in [5.74, 6) is -0.0843. The minimum absolute atomic E-state index is 0.0843. The maximum absolute atomic E-state index is 12.7. The van der Waals surface area contributed by atoms with Crippen LogP contribution in [0.4, 0.5) is 11.4 Å². The van der Waals surface area contributed by atoms with Crippen LogP contribution in [-0.2, 0) is 20.2 Å². The Balaban J connectivity index is 1.90. The Bertz CT molecular complexity index is 750. The SMILES string of the molecule is CC1NNC(C)C1S(=O)(=O)Nc1ccc2c(c1)C(C)(C)C(=O)N2. The van der Waals surface area contributed by atoms with Crippen molar-refractivity contribution in [3.63, 3.8) is 0 Å². The lowest BCUT2D eigenvalue weighted by Crippen LogP contribution is -2.41. The highest BCUT2D eigenvalue weighted by Crippen LogP contribution is 2.39. The Morgan fingerprint density at radius 1 is 1.13 bits per heavy atom. The summed E-state index contributed by atoms with van der Waals surface area (Å²) in [5.41, 5.74) is 7.22. The van der Waals surface area contributed by atoms with Gasteiger partial charge in [0.25, 0.3) is 0 Å². The van der Waals surface area contributed by atoms with Crippen molar-refractivity contribution in [1.82, 2.24) is 10.9 Å². The highest BCUT2D eigenvalue weighted by atomic mass is 32.2. The van der Waals surface area contributed by atoms with Crippen molar-refractivity contribution in [3.05, 3.63) is 23.8 Å².